The normalized spacial score (nSPS) is 15.1. The second kappa shape index (κ2) is 11.0. The lowest BCUT2D eigenvalue weighted by Gasteiger charge is -2.22. The summed E-state index contributed by atoms with van der Waals surface area (Å²) in [4.78, 5) is 17.1. The number of hydrogen-bond acceptors (Lipinski definition) is 4. The summed E-state index contributed by atoms with van der Waals surface area (Å²) in [6.07, 6.45) is 7.61. The molecule has 0 saturated heterocycles. The Labute approximate surface area is 212 Å². The van der Waals surface area contributed by atoms with Crippen LogP contribution in [0.3, 0.4) is 0 Å². The Kier molecular flexibility index (Phi) is 7.36. The lowest BCUT2D eigenvalue weighted by atomic mass is 9.84. The van der Waals surface area contributed by atoms with Crippen molar-refractivity contribution >= 4 is 22.7 Å². The van der Waals surface area contributed by atoms with Crippen LogP contribution >= 0.6 is 0 Å². The fourth-order valence-electron chi connectivity index (χ4n) is 4.92. The summed E-state index contributed by atoms with van der Waals surface area (Å²) < 4.78 is 11.7. The molecule has 1 unspecified atom stereocenters. The van der Waals surface area contributed by atoms with Crippen LogP contribution in [-0.2, 0) is 4.79 Å². The average Bonchev–Trinajstić information content (AvgIpc) is 3.36. The zero-order valence-corrected chi connectivity index (χ0v) is 21.1. The van der Waals surface area contributed by atoms with E-state index in [0.29, 0.717) is 29.2 Å². The maximum Gasteiger partial charge on any atom is 0.262 e. The minimum atomic E-state index is -0.196. The molecule has 1 N–H and O–H groups in total. The second-order valence-corrected chi connectivity index (χ2v) is 9.87. The molecule has 1 aromatic heterocycles. The van der Waals surface area contributed by atoms with Gasteiger partial charge in [0.2, 0.25) is 5.89 Å². The standard InChI is InChI=1S/C31H34N2O3/c1-3-21(2)25-13-18-29-28(19-25)33-31(36-29)24-9-14-26(15-10-24)32-30(34)20-35-27-16-11-23(12-17-27)22-7-5-4-6-8-22/h9-19,21-22H,3-8,20H2,1-2H3,(H,32,34). The third-order valence-corrected chi connectivity index (χ3v) is 7.34. The number of fused-ring (bicyclic) bond motifs is 1. The van der Waals surface area contributed by atoms with E-state index in [4.69, 9.17) is 9.15 Å². The monoisotopic (exact) mass is 482 g/mol. The minimum absolute atomic E-state index is 0.0336. The summed E-state index contributed by atoms with van der Waals surface area (Å²) >= 11 is 0. The largest absolute Gasteiger partial charge is 0.484 e. The van der Waals surface area contributed by atoms with E-state index in [1.807, 2.05) is 42.5 Å². The number of rotatable bonds is 8. The van der Waals surface area contributed by atoms with E-state index in [1.165, 1.54) is 43.2 Å². The predicted octanol–water partition coefficient (Wildman–Crippen LogP) is 8.07. The van der Waals surface area contributed by atoms with E-state index in [9.17, 15) is 4.79 Å². The number of aromatic nitrogens is 1. The summed E-state index contributed by atoms with van der Waals surface area (Å²) in [5, 5.41) is 2.89. The topological polar surface area (TPSA) is 64.4 Å². The summed E-state index contributed by atoms with van der Waals surface area (Å²) in [5.41, 5.74) is 5.85. The Bertz CT molecular complexity index is 1300. The van der Waals surface area contributed by atoms with Crippen LogP contribution in [0.5, 0.6) is 5.75 Å². The molecule has 1 atom stereocenters. The van der Waals surface area contributed by atoms with Crippen LogP contribution < -0.4 is 10.1 Å². The van der Waals surface area contributed by atoms with Gasteiger partial charge in [0.1, 0.15) is 11.3 Å². The van der Waals surface area contributed by atoms with Crippen molar-refractivity contribution in [3.05, 3.63) is 77.9 Å². The lowest BCUT2D eigenvalue weighted by Crippen LogP contribution is -2.20. The van der Waals surface area contributed by atoms with Crippen LogP contribution in [0.15, 0.2) is 71.1 Å². The Morgan fingerprint density at radius 2 is 1.78 bits per heavy atom. The molecule has 186 valence electrons. The third-order valence-electron chi connectivity index (χ3n) is 7.34. The number of ether oxygens (including phenoxy) is 1. The van der Waals surface area contributed by atoms with Crippen molar-refractivity contribution < 1.29 is 13.9 Å². The smallest absolute Gasteiger partial charge is 0.262 e. The maximum atomic E-state index is 12.4. The minimum Gasteiger partial charge on any atom is -0.484 e. The van der Waals surface area contributed by atoms with E-state index < -0.39 is 0 Å². The molecule has 5 rings (SSSR count). The SMILES string of the molecule is CCC(C)c1ccc2oc(-c3ccc(NC(=O)COc4ccc(C5CCCCC5)cc4)cc3)nc2c1. The Morgan fingerprint density at radius 1 is 1.03 bits per heavy atom. The van der Waals surface area contributed by atoms with E-state index in [2.05, 4.69) is 48.4 Å². The maximum absolute atomic E-state index is 12.4. The van der Waals surface area contributed by atoms with Gasteiger partial charge in [-0.05, 0) is 90.8 Å². The molecule has 1 saturated carbocycles. The molecule has 1 aliphatic rings. The van der Waals surface area contributed by atoms with Gasteiger partial charge < -0.3 is 14.5 Å². The van der Waals surface area contributed by atoms with Crippen LogP contribution in [0.25, 0.3) is 22.6 Å². The fourth-order valence-corrected chi connectivity index (χ4v) is 4.92. The molecule has 0 aliphatic heterocycles. The van der Waals surface area contributed by atoms with Gasteiger partial charge >= 0.3 is 0 Å². The summed E-state index contributed by atoms with van der Waals surface area (Å²) in [5.74, 6) is 2.24. The van der Waals surface area contributed by atoms with Gasteiger partial charge in [-0.3, -0.25) is 4.79 Å². The summed E-state index contributed by atoms with van der Waals surface area (Å²) in [6, 6.07) is 21.9. The molecule has 3 aromatic carbocycles. The molecule has 5 nitrogen and oxygen atoms in total. The Morgan fingerprint density at radius 3 is 2.50 bits per heavy atom. The summed E-state index contributed by atoms with van der Waals surface area (Å²) in [7, 11) is 0. The zero-order chi connectivity index (χ0) is 24.9. The molecule has 4 aromatic rings. The molecule has 1 amide bonds. The van der Waals surface area contributed by atoms with Crippen molar-refractivity contribution in [2.24, 2.45) is 0 Å². The first-order valence-electron chi connectivity index (χ1n) is 13.1. The number of hydrogen-bond donors (Lipinski definition) is 1. The highest BCUT2D eigenvalue weighted by atomic mass is 16.5. The highest BCUT2D eigenvalue weighted by molar-refractivity contribution is 5.92. The van der Waals surface area contributed by atoms with Gasteiger partial charge in [-0.1, -0.05) is 51.3 Å². The zero-order valence-electron chi connectivity index (χ0n) is 21.1. The van der Waals surface area contributed by atoms with E-state index >= 15 is 0 Å². The van der Waals surface area contributed by atoms with Crippen LogP contribution in [0, 0.1) is 0 Å². The summed E-state index contributed by atoms with van der Waals surface area (Å²) in [6.45, 7) is 4.37. The first kappa shape index (κ1) is 24.1. The molecule has 0 bridgehead atoms. The molecule has 1 heterocycles. The van der Waals surface area contributed by atoms with Gasteiger partial charge in [-0.15, -0.1) is 0 Å². The first-order chi connectivity index (χ1) is 17.6. The van der Waals surface area contributed by atoms with Gasteiger partial charge in [0.05, 0.1) is 0 Å². The van der Waals surface area contributed by atoms with Crippen LogP contribution in [0.2, 0.25) is 0 Å². The van der Waals surface area contributed by atoms with E-state index in [1.54, 1.807) is 0 Å². The molecule has 0 spiro atoms. The van der Waals surface area contributed by atoms with E-state index in [-0.39, 0.29) is 12.5 Å². The molecule has 1 fully saturated rings. The fraction of sp³-hybridized carbons (Fsp3) is 0.355. The third kappa shape index (κ3) is 5.62. The number of benzene rings is 3. The van der Waals surface area contributed by atoms with Crippen molar-refractivity contribution in [3.8, 4) is 17.2 Å². The second-order valence-electron chi connectivity index (χ2n) is 9.87. The van der Waals surface area contributed by atoms with Crippen LogP contribution in [0.1, 0.15) is 75.3 Å². The van der Waals surface area contributed by atoms with Gasteiger partial charge in [0.15, 0.2) is 12.2 Å². The predicted molar refractivity (Wildman–Crippen MR) is 145 cm³/mol. The van der Waals surface area contributed by atoms with Gasteiger partial charge in [-0.2, -0.15) is 0 Å². The molecule has 5 heteroatoms. The lowest BCUT2D eigenvalue weighted by molar-refractivity contribution is -0.118. The molecule has 36 heavy (non-hydrogen) atoms. The van der Waals surface area contributed by atoms with Crippen molar-refractivity contribution in [1.29, 1.82) is 0 Å². The highest BCUT2D eigenvalue weighted by Gasteiger charge is 2.15. The van der Waals surface area contributed by atoms with Crippen LogP contribution in [0.4, 0.5) is 5.69 Å². The number of oxazole rings is 1. The quantitative estimate of drug-likeness (QED) is 0.276. The molecule has 1 aliphatic carbocycles. The van der Waals surface area contributed by atoms with Crippen LogP contribution in [-0.4, -0.2) is 17.5 Å². The molecular weight excluding hydrogens is 448 g/mol. The van der Waals surface area contributed by atoms with Gasteiger partial charge in [-0.25, -0.2) is 4.98 Å². The van der Waals surface area contributed by atoms with Gasteiger partial charge in [0, 0.05) is 11.3 Å². The van der Waals surface area contributed by atoms with Gasteiger partial charge in [0.25, 0.3) is 5.91 Å². The molecular formula is C31H34N2O3. The van der Waals surface area contributed by atoms with E-state index in [0.717, 1.165) is 23.1 Å². The Hall–Kier alpha value is -3.60. The number of carbonyl (C=O) groups is 1. The number of nitrogens with zero attached hydrogens (tertiary/aromatic N) is 1. The number of amides is 1. The molecule has 0 radical (unpaired) electrons. The number of carbonyl (C=O) groups excluding carboxylic acids is 1. The Balaban J connectivity index is 1.16. The van der Waals surface area contributed by atoms with Crippen molar-refractivity contribution in [1.82, 2.24) is 4.98 Å². The average molecular weight is 483 g/mol. The number of nitrogens with one attached hydrogen (secondary N) is 1. The van der Waals surface area contributed by atoms with Crippen molar-refractivity contribution in [2.75, 3.05) is 11.9 Å². The highest BCUT2D eigenvalue weighted by Crippen LogP contribution is 2.33. The van der Waals surface area contributed by atoms with Crippen molar-refractivity contribution in [2.45, 2.75) is 64.2 Å². The first-order valence-corrected chi connectivity index (χ1v) is 13.1. The van der Waals surface area contributed by atoms with Crippen molar-refractivity contribution in [3.63, 3.8) is 0 Å². The number of anilines is 1.